The SMILES string of the molecule is C=CCCCCNC(=O)c1ccc(OC)cc1. The number of hydrogen-bond donors (Lipinski definition) is 1. The number of unbranched alkanes of at least 4 members (excludes halogenated alkanes) is 2. The van der Waals surface area contributed by atoms with Crippen LogP contribution in [0.25, 0.3) is 0 Å². The molecule has 1 rings (SSSR count). The van der Waals surface area contributed by atoms with Crippen molar-refractivity contribution in [2.24, 2.45) is 0 Å². The van der Waals surface area contributed by atoms with Crippen molar-refractivity contribution in [3.05, 3.63) is 42.5 Å². The van der Waals surface area contributed by atoms with Gasteiger partial charge in [-0.05, 0) is 43.5 Å². The van der Waals surface area contributed by atoms with Gasteiger partial charge in [0.2, 0.25) is 0 Å². The molecule has 0 atom stereocenters. The molecule has 0 bridgehead atoms. The third-order valence-corrected chi connectivity index (χ3v) is 2.47. The van der Waals surface area contributed by atoms with Crippen molar-refractivity contribution in [1.82, 2.24) is 5.32 Å². The molecule has 0 aromatic heterocycles. The summed E-state index contributed by atoms with van der Waals surface area (Å²) in [6.07, 6.45) is 4.93. The zero-order valence-electron chi connectivity index (χ0n) is 10.2. The van der Waals surface area contributed by atoms with Crippen LogP contribution in [0, 0.1) is 0 Å². The van der Waals surface area contributed by atoms with Gasteiger partial charge in [0, 0.05) is 12.1 Å². The summed E-state index contributed by atoms with van der Waals surface area (Å²) in [5.41, 5.74) is 0.662. The van der Waals surface area contributed by atoms with Crippen LogP contribution in [0.2, 0.25) is 0 Å². The number of carbonyl (C=O) groups excluding carboxylic acids is 1. The molecule has 1 aromatic carbocycles. The average Bonchev–Trinajstić information content (AvgIpc) is 2.38. The quantitative estimate of drug-likeness (QED) is 0.581. The van der Waals surface area contributed by atoms with Gasteiger partial charge in [-0.15, -0.1) is 6.58 Å². The second-order valence-electron chi connectivity index (χ2n) is 3.77. The fourth-order valence-electron chi connectivity index (χ4n) is 1.46. The molecule has 0 aliphatic carbocycles. The van der Waals surface area contributed by atoms with Crippen LogP contribution >= 0.6 is 0 Å². The Hall–Kier alpha value is -1.77. The predicted octanol–water partition coefficient (Wildman–Crippen LogP) is 2.78. The van der Waals surface area contributed by atoms with E-state index in [0.29, 0.717) is 12.1 Å². The molecule has 1 aromatic rings. The minimum Gasteiger partial charge on any atom is -0.497 e. The predicted molar refractivity (Wildman–Crippen MR) is 69.4 cm³/mol. The normalized spacial score (nSPS) is 9.71. The number of ether oxygens (including phenoxy) is 1. The highest BCUT2D eigenvalue weighted by atomic mass is 16.5. The summed E-state index contributed by atoms with van der Waals surface area (Å²) in [6, 6.07) is 7.09. The zero-order chi connectivity index (χ0) is 12.5. The van der Waals surface area contributed by atoms with Crippen LogP contribution in [0.1, 0.15) is 29.6 Å². The first-order valence-corrected chi connectivity index (χ1v) is 5.81. The molecule has 1 amide bonds. The first kappa shape index (κ1) is 13.3. The van der Waals surface area contributed by atoms with E-state index in [2.05, 4.69) is 11.9 Å². The molecule has 0 spiro atoms. The van der Waals surface area contributed by atoms with Crippen molar-refractivity contribution in [1.29, 1.82) is 0 Å². The largest absolute Gasteiger partial charge is 0.497 e. The highest BCUT2D eigenvalue weighted by Crippen LogP contribution is 2.11. The molecule has 0 aliphatic rings. The number of amides is 1. The van der Waals surface area contributed by atoms with Crippen molar-refractivity contribution in [2.45, 2.75) is 19.3 Å². The average molecular weight is 233 g/mol. The second-order valence-corrected chi connectivity index (χ2v) is 3.77. The van der Waals surface area contributed by atoms with E-state index in [1.807, 2.05) is 6.08 Å². The van der Waals surface area contributed by atoms with Crippen molar-refractivity contribution in [3.63, 3.8) is 0 Å². The molecule has 0 unspecified atom stereocenters. The van der Waals surface area contributed by atoms with Gasteiger partial charge in [0.15, 0.2) is 0 Å². The van der Waals surface area contributed by atoms with Gasteiger partial charge in [-0.3, -0.25) is 4.79 Å². The number of carbonyl (C=O) groups is 1. The van der Waals surface area contributed by atoms with E-state index in [4.69, 9.17) is 4.74 Å². The Bertz CT molecular complexity index is 357. The Morgan fingerprint density at radius 3 is 2.65 bits per heavy atom. The van der Waals surface area contributed by atoms with Crippen molar-refractivity contribution >= 4 is 5.91 Å². The molecule has 0 fully saturated rings. The summed E-state index contributed by atoms with van der Waals surface area (Å²) >= 11 is 0. The third kappa shape index (κ3) is 4.72. The number of hydrogen-bond acceptors (Lipinski definition) is 2. The van der Waals surface area contributed by atoms with Gasteiger partial charge in [0.05, 0.1) is 7.11 Å². The van der Waals surface area contributed by atoms with Crippen molar-refractivity contribution in [3.8, 4) is 5.75 Å². The topological polar surface area (TPSA) is 38.3 Å². The van der Waals surface area contributed by atoms with Crippen LogP contribution in [0.4, 0.5) is 0 Å². The minimum atomic E-state index is -0.0359. The fraction of sp³-hybridized carbons (Fsp3) is 0.357. The lowest BCUT2D eigenvalue weighted by Crippen LogP contribution is -2.24. The van der Waals surface area contributed by atoms with Gasteiger partial charge in [0.1, 0.15) is 5.75 Å². The third-order valence-electron chi connectivity index (χ3n) is 2.47. The molecule has 3 heteroatoms. The van der Waals surface area contributed by atoms with E-state index >= 15 is 0 Å². The highest BCUT2D eigenvalue weighted by molar-refractivity contribution is 5.94. The molecule has 17 heavy (non-hydrogen) atoms. The molecule has 0 heterocycles. The molecule has 0 saturated heterocycles. The molecule has 0 aliphatic heterocycles. The van der Waals surface area contributed by atoms with Crippen LogP contribution in [-0.4, -0.2) is 19.6 Å². The Labute approximate surface area is 102 Å². The fourth-order valence-corrected chi connectivity index (χ4v) is 1.46. The highest BCUT2D eigenvalue weighted by Gasteiger charge is 2.03. The number of rotatable bonds is 7. The maximum atomic E-state index is 11.7. The van der Waals surface area contributed by atoms with Crippen LogP contribution in [0.15, 0.2) is 36.9 Å². The van der Waals surface area contributed by atoms with Gasteiger partial charge in [0.25, 0.3) is 5.91 Å². The summed E-state index contributed by atoms with van der Waals surface area (Å²) < 4.78 is 5.03. The molecule has 92 valence electrons. The Morgan fingerprint density at radius 2 is 2.06 bits per heavy atom. The molecule has 1 N–H and O–H groups in total. The molecule has 0 saturated carbocycles. The van der Waals surface area contributed by atoms with E-state index in [-0.39, 0.29) is 5.91 Å². The zero-order valence-corrected chi connectivity index (χ0v) is 10.2. The maximum absolute atomic E-state index is 11.7. The van der Waals surface area contributed by atoms with Gasteiger partial charge >= 0.3 is 0 Å². The van der Waals surface area contributed by atoms with Crippen molar-refractivity contribution < 1.29 is 9.53 Å². The Kier molecular flexibility index (Phi) is 5.86. The molecule has 0 radical (unpaired) electrons. The van der Waals surface area contributed by atoms with E-state index in [0.717, 1.165) is 25.0 Å². The number of methoxy groups -OCH3 is 1. The number of allylic oxidation sites excluding steroid dienone is 1. The summed E-state index contributed by atoms with van der Waals surface area (Å²) in [4.78, 5) is 11.7. The Morgan fingerprint density at radius 1 is 1.35 bits per heavy atom. The monoisotopic (exact) mass is 233 g/mol. The van der Waals surface area contributed by atoms with E-state index < -0.39 is 0 Å². The van der Waals surface area contributed by atoms with Gasteiger partial charge in [-0.1, -0.05) is 6.08 Å². The van der Waals surface area contributed by atoms with Crippen molar-refractivity contribution in [2.75, 3.05) is 13.7 Å². The van der Waals surface area contributed by atoms with E-state index in [1.54, 1.807) is 31.4 Å². The van der Waals surface area contributed by atoms with Gasteiger partial charge in [-0.2, -0.15) is 0 Å². The lowest BCUT2D eigenvalue weighted by molar-refractivity contribution is 0.0953. The standard InChI is InChI=1S/C14H19NO2/c1-3-4-5-6-11-15-14(16)12-7-9-13(17-2)10-8-12/h3,7-10H,1,4-6,11H2,2H3,(H,15,16). The lowest BCUT2D eigenvalue weighted by atomic mass is 10.2. The molecular weight excluding hydrogens is 214 g/mol. The van der Waals surface area contributed by atoms with Gasteiger partial charge in [-0.25, -0.2) is 0 Å². The lowest BCUT2D eigenvalue weighted by Gasteiger charge is -2.05. The van der Waals surface area contributed by atoms with Crippen LogP contribution in [-0.2, 0) is 0 Å². The first-order valence-electron chi connectivity index (χ1n) is 5.81. The van der Waals surface area contributed by atoms with Crippen LogP contribution in [0.5, 0.6) is 5.75 Å². The molecule has 3 nitrogen and oxygen atoms in total. The molecular formula is C14H19NO2. The Balaban J connectivity index is 2.33. The summed E-state index contributed by atoms with van der Waals surface area (Å²) in [6.45, 7) is 4.37. The number of benzene rings is 1. The first-order chi connectivity index (χ1) is 8.27. The van der Waals surface area contributed by atoms with Crippen LogP contribution in [0.3, 0.4) is 0 Å². The summed E-state index contributed by atoms with van der Waals surface area (Å²) in [5, 5.41) is 2.88. The van der Waals surface area contributed by atoms with E-state index in [9.17, 15) is 4.79 Å². The summed E-state index contributed by atoms with van der Waals surface area (Å²) in [5.74, 6) is 0.721. The van der Waals surface area contributed by atoms with Crippen LogP contribution < -0.4 is 10.1 Å². The summed E-state index contributed by atoms with van der Waals surface area (Å²) in [7, 11) is 1.61. The maximum Gasteiger partial charge on any atom is 0.251 e. The van der Waals surface area contributed by atoms with E-state index in [1.165, 1.54) is 0 Å². The minimum absolute atomic E-state index is 0.0359. The van der Waals surface area contributed by atoms with Gasteiger partial charge < -0.3 is 10.1 Å². The second kappa shape index (κ2) is 7.49. The number of nitrogens with one attached hydrogen (secondary N) is 1. The smallest absolute Gasteiger partial charge is 0.251 e.